The zero-order valence-electron chi connectivity index (χ0n) is 10.3. The summed E-state index contributed by atoms with van der Waals surface area (Å²) in [4.78, 5) is 21.3. The van der Waals surface area contributed by atoms with Crippen molar-refractivity contribution in [2.45, 2.75) is 13.0 Å². The molecular formula is C10H16N4O4S. The summed E-state index contributed by atoms with van der Waals surface area (Å²) in [5.74, 6) is 1.12. The first-order chi connectivity index (χ1) is 9.13. The van der Waals surface area contributed by atoms with E-state index in [0.717, 1.165) is 17.9 Å². The molecule has 0 atom stereocenters. The molecule has 1 aromatic rings. The van der Waals surface area contributed by atoms with Gasteiger partial charge in [0.15, 0.2) is 0 Å². The molecule has 19 heavy (non-hydrogen) atoms. The molecule has 0 aromatic carbocycles. The Labute approximate surface area is 114 Å². The number of aromatic nitrogens is 2. The van der Waals surface area contributed by atoms with E-state index >= 15 is 0 Å². The first-order valence-electron chi connectivity index (χ1n) is 5.76. The Morgan fingerprint density at radius 3 is 3.00 bits per heavy atom. The van der Waals surface area contributed by atoms with Gasteiger partial charge < -0.3 is 20.5 Å². The van der Waals surface area contributed by atoms with Gasteiger partial charge in [-0.25, -0.2) is 0 Å². The third-order valence-corrected chi connectivity index (χ3v) is 3.20. The van der Waals surface area contributed by atoms with Crippen molar-refractivity contribution in [2.75, 3.05) is 24.7 Å². The van der Waals surface area contributed by atoms with Gasteiger partial charge in [-0.15, -0.1) is 0 Å². The second kappa shape index (κ2) is 8.48. The van der Waals surface area contributed by atoms with Gasteiger partial charge in [-0.3, -0.25) is 4.79 Å². The minimum absolute atomic E-state index is 0.0326. The third-order valence-electron chi connectivity index (χ3n) is 2.13. The fraction of sp³-hybridized carbons (Fsp3) is 0.600. The molecule has 1 amide bonds. The zero-order valence-corrected chi connectivity index (χ0v) is 11.1. The first kappa shape index (κ1) is 15.4. The van der Waals surface area contributed by atoms with E-state index < -0.39 is 4.92 Å². The van der Waals surface area contributed by atoms with E-state index in [0.29, 0.717) is 6.54 Å². The van der Waals surface area contributed by atoms with Crippen LogP contribution in [0.25, 0.3) is 0 Å². The quantitative estimate of drug-likeness (QED) is 0.376. The molecule has 9 heteroatoms. The number of aliphatic hydroxyl groups excluding tert-OH is 1. The number of hydrogen-bond donors (Lipinski definition) is 2. The van der Waals surface area contributed by atoms with Crippen LogP contribution in [0.3, 0.4) is 0 Å². The smallest absolute Gasteiger partial charge is 0.389 e. The van der Waals surface area contributed by atoms with E-state index in [-0.39, 0.29) is 24.9 Å². The predicted octanol–water partition coefficient (Wildman–Crippen LogP) is 0.0231. The maximum atomic E-state index is 11.5. The van der Waals surface area contributed by atoms with Crippen molar-refractivity contribution in [1.82, 2.24) is 15.1 Å². The Kier molecular flexibility index (Phi) is 6.90. The van der Waals surface area contributed by atoms with Crippen LogP contribution >= 0.6 is 11.8 Å². The minimum Gasteiger partial charge on any atom is -0.396 e. The van der Waals surface area contributed by atoms with Gasteiger partial charge in [-0.2, -0.15) is 16.4 Å². The Balaban J connectivity index is 2.18. The monoisotopic (exact) mass is 288 g/mol. The molecule has 0 saturated heterocycles. The zero-order chi connectivity index (χ0) is 14.1. The van der Waals surface area contributed by atoms with Crippen molar-refractivity contribution in [3.05, 3.63) is 22.4 Å². The van der Waals surface area contributed by atoms with E-state index in [4.69, 9.17) is 5.11 Å². The van der Waals surface area contributed by atoms with Crippen LogP contribution in [0.2, 0.25) is 0 Å². The molecule has 0 saturated carbocycles. The highest BCUT2D eigenvalue weighted by Gasteiger charge is 2.12. The van der Waals surface area contributed by atoms with Crippen molar-refractivity contribution in [3.8, 4) is 0 Å². The molecule has 0 radical (unpaired) electrons. The maximum absolute atomic E-state index is 11.5. The van der Waals surface area contributed by atoms with Crippen LogP contribution in [0.5, 0.6) is 0 Å². The van der Waals surface area contributed by atoms with Crippen molar-refractivity contribution < 1.29 is 14.8 Å². The van der Waals surface area contributed by atoms with Crippen LogP contribution in [-0.4, -0.2) is 50.4 Å². The molecule has 0 bridgehead atoms. The van der Waals surface area contributed by atoms with E-state index in [9.17, 15) is 14.9 Å². The lowest BCUT2D eigenvalue weighted by Crippen LogP contribution is -2.29. The molecule has 106 valence electrons. The fourth-order valence-corrected chi connectivity index (χ4v) is 2.05. The first-order valence-corrected chi connectivity index (χ1v) is 6.92. The number of hydrogen-bond acceptors (Lipinski definition) is 6. The summed E-state index contributed by atoms with van der Waals surface area (Å²) in [5.41, 5.74) is 0. The molecule has 1 heterocycles. The number of nitrogens with zero attached hydrogens (tertiary/aromatic N) is 3. The number of amides is 1. The van der Waals surface area contributed by atoms with Crippen LogP contribution in [-0.2, 0) is 11.3 Å². The Morgan fingerprint density at radius 1 is 1.58 bits per heavy atom. The summed E-state index contributed by atoms with van der Waals surface area (Å²) >= 11 is 1.65. The van der Waals surface area contributed by atoms with E-state index in [1.807, 2.05) is 0 Å². The number of nitro groups is 1. The van der Waals surface area contributed by atoms with Gasteiger partial charge in [0.25, 0.3) is 0 Å². The van der Waals surface area contributed by atoms with Gasteiger partial charge >= 0.3 is 5.82 Å². The topological polar surface area (TPSA) is 110 Å². The van der Waals surface area contributed by atoms with Crippen molar-refractivity contribution in [2.24, 2.45) is 0 Å². The fourth-order valence-electron chi connectivity index (χ4n) is 1.27. The number of aliphatic hydroxyl groups is 1. The molecule has 8 nitrogen and oxygen atoms in total. The van der Waals surface area contributed by atoms with Crippen molar-refractivity contribution in [1.29, 1.82) is 0 Å². The summed E-state index contributed by atoms with van der Waals surface area (Å²) in [7, 11) is 0. The maximum Gasteiger partial charge on any atom is 0.389 e. The van der Waals surface area contributed by atoms with Gasteiger partial charge in [0, 0.05) is 18.9 Å². The predicted molar refractivity (Wildman–Crippen MR) is 70.9 cm³/mol. The summed E-state index contributed by atoms with van der Waals surface area (Å²) in [6.45, 7) is 0.672. The largest absolute Gasteiger partial charge is 0.396 e. The van der Waals surface area contributed by atoms with E-state index in [1.165, 1.54) is 16.9 Å². The molecule has 1 rings (SSSR count). The molecule has 0 aliphatic carbocycles. The van der Waals surface area contributed by atoms with E-state index in [1.54, 1.807) is 11.8 Å². The summed E-state index contributed by atoms with van der Waals surface area (Å²) in [6, 6.07) is 1.25. The number of rotatable bonds is 9. The van der Waals surface area contributed by atoms with Crippen LogP contribution in [0, 0.1) is 10.1 Å². The average molecular weight is 288 g/mol. The lowest BCUT2D eigenvalue weighted by Gasteiger charge is -2.03. The molecular weight excluding hydrogens is 272 g/mol. The van der Waals surface area contributed by atoms with Crippen molar-refractivity contribution in [3.63, 3.8) is 0 Å². The van der Waals surface area contributed by atoms with Crippen LogP contribution in [0.1, 0.15) is 6.42 Å². The minimum atomic E-state index is -0.605. The highest BCUT2D eigenvalue weighted by Crippen LogP contribution is 2.04. The van der Waals surface area contributed by atoms with Gasteiger partial charge in [0.2, 0.25) is 5.91 Å². The third kappa shape index (κ3) is 6.20. The average Bonchev–Trinajstić information content (AvgIpc) is 2.82. The molecule has 0 aliphatic heterocycles. The Bertz CT molecular complexity index is 423. The summed E-state index contributed by atoms with van der Waals surface area (Å²) in [5, 5.41) is 25.3. The highest BCUT2D eigenvalue weighted by atomic mass is 32.2. The summed E-state index contributed by atoms with van der Waals surface area (Å²) < 4.78 is 1.23. The number of carbonyl (C=O) groups is 1. The molecule has 1 aromatic heterocycles. The SMILES string of the molecule is O=C(Cn1ccc([N+](=O)[O-])n1)NCCSCCCO. The second-order valence-electron chi connectivity index (χ2n) is 3.67. The van der Waals surface area contributed by atoms with E-state index in [2.05, 4.69) is 10.4 Å². The van der Waals surface area contributed by atoms with Gasteiger partial charge in [0.05, 0.1) is 17.4 Å². The van der Waals surface area contributed by atoms with Crippen LogP contribution < -0.4 is 5.32 Å². The second-order valence-corrected chi connectivity index (χ2v) is 4.89. The van der Waals surface area contributed by atoms with Crippen molar-refractivity contribution >= 4 is 23.5 Å². The standard InChI is InChI=1S/C10H16N4O4S/c15-5-1-6-19-7-3-11-10(16)8-13-4-2-9(12-13)14(17)18/h2,4,15H,1,3,5-8H2,(H,11,16). The van der Waals surface area contributed by atoms with Gasteiger partial charge in [-0.1, -0.05) is 0 Å². The normalized spacial score (nSPS) is 10.4. The molecule has 0 aliphatic rings. The highest BCUT2D eigenvalue weighted by molar-refractivity contribution is 7.99. The lowest BCUT2D eigenvalue weighted by molar-refractivity contribution is -0.389. The van der Waals surface area contributed by atoms with Crippen LogP contribution in [0.15, 0.2) is 12.3 Å². The van der Waals surface area contributed by atoms with Gasteiger partial charge in [-0.05, 0) is 17.1 Å². The van der Waals surface area contributed by atoms with Crippen LogP contribution in [0.4, 0.5) is 5.82 Å². The molecule has 0 spiro atoms. The Hall–Kier alpha value is -1.61. The van der Waals surface area contributed by atoms with Gasteiger partial charge in [0.1, 0.15) is 6.54 Å². The summed E-state index contributed by atoms with van der Waals surface area (Å²) in [6.07, 6.45) is 2.14. The molecule has 0 fully saturated rings. The molecule has 0 unspecified atom stereocenters. The number of carbonyl (C=O) groups excluding carboxylic acids is 1. The number of thioether (sulfide) groups is 1. The molecule has 2 N–H and O–H groups in total. The Morgan fingerprint density at radius 2 is 2.37 bits per heavy atom. The number of nitrogens with one attached hydrogen (secondary N) is 1. The lowest BCUT2D eigenvalue weighted by atomic mass is 10.5.